The van der Waals surface area contributed by atoms with Gasteiger partial charge in [-0.2, -0.15) is 9.36 Å². The summed E-state index contributed by atoms with van der Waals surface area (Å²) in [6.07, 6.45) is 3.58. The van der Waals surface area contributed by atoms with Gasteiger partial charge in [0.15, 0.2) is 0 Å². The molecule has 2 aromatic carbocycles. The zero-order valence-corrected chi connectivity index (χ0v) is 16.4. The highest BCUT2D eigenvalue weighted by molar-refractivity contribution is 5.88. The molecular weight excluding hydrogens is 384 g/mol. The molecule has 154 valence electrons. The number of amides is 2. The quantitative estimate of drug-likeness (QED) is 0.455. The maximum Gasteiger partial charge on any atom is 0.344 e. The smallest absolute Gasteiger partial charge is 0.336 e. The molecule has 10 nitrogen and oxygen atoms in total. The first kappa shape index (κ1) is 19.5. The number of unbranched alkanes of at least 4 members (excludes halogenated alkanes) is 3. The molecule has 30 heavy (non-hydrogen) atoms. The Morgan fingerprint density at radius 2 is 1.10 bits per heavy atom. The number of para-hydroxylation sites is 2. The number of carbonyl (C=O) groups is 2. The van der Waals surface area contributed by atoms with Crippen molar-refractivity contribution in [3.8, 4) is 0 Å². The van der Waals surface area contributed by atoms with Crippen molar-refractivity contribution in [2.45, 2.75) is 25.7 Å². The fourth-order valence-corrected chi connectivity index (χ4v) is 3.18. The van der Waals surface area contributed by atoms with Gasteiger partial charge in [-0.3, -0.25) is 0 Å². The van der Waals surface area contributed by atoms with Crippen LogP contribution in [0.5, 0.6) is 0 Å². The molecule has 0 atom stereocenters. The molecule has 0 saturated carbocycles. The molecular formula is C20H22N8O2. The minimum atomic E-state index is -0.281. The molecule has 0 aliphatic heterocycles. The SMILES string of the molecule is O=C(NCCCCCCNC(=O)n1nnc2ccccc21)n1nnc2ccccc21. The lowest BCUT2D eigenvalue weighted by Gasteiger charge is -2.06. The Bertz CT molecular complexity index is 1070. The van der Waals surface area contributed by atoms with Crippen molar-refractivity contribution < 1.29 is 9.59 Å². The van der Waals surface area contributed by atoms with Crippen molar-refractivity contribution in [1.29, 1.82) is 0 Å². The van der Waals surface area contributed by atoms with Crippen molar-refractivity contribution in [3.05, 3.63) is 48.5 Å². The van der Waals surface area contributed by atoms with E-state index >= 15 is 0 Å². The van der Waals surface area contributed by atoms with Crippen LogP contribution >= 0.6 is 0 Å². The number of hydrogen-bond donors (Lipinski definition) is 2. The zero-order valence-electron chi connectivity index (χ0n) is 16.4. The van der Waals surface area contributed by atoms with Crippen LogP contribution in [0.1, 0.15) is 25.7 Å². The van der Waals surface area contributed by atoms with Crippen molar-refractivity contribution in [1.82, 2.24) is 40.6 Å². The summed E-state index contributed by atoms with van der Waals surface area (Å²) in [5.41, 5.74) is 2.75. The Morgan fingerprint density at radius 1 is 0.667 bits per heavy atom. The van der Waals surface area contributed by atoms with Gasteiger partial charge in [-0.05, 0) is 37.1 Å². The highest BCUT2D eigenvalue weighted by Gasteiger charge is 2.11. The van der Waals surface area contributed by atoms with Crippen LogP contribution in [-0.4, -0.2) is 55.1 Å². The minimum absolute atomic E-state index is 0.281. The summed E-state index contributed by atoms with van der Waals surface area (Å²) in [7, 11) is 0. The van der Waals surface area contributed by atoms with Gasteiger partial charge in [0, 0.05) is 13.1 Å². The van der Waals surface area contributed by atoms with Crippen LogP contribution in [0.2, 0.25) is 0 Å². The third-order valence-electron chi connectivity index (χ3n) is 4.74. The minimum Gasteiger partial charge on any atom is -0.336 e. The third kappa shape index (κ3) is 4.27. The predicted octanol–water partition coefficient (Wildman–Crippen LogP) is 2.55. The maximum atomic E-state index is 12.2. The van der Waals surface area contributed by atoms with Gasteiger partial charge in [0.05, 0.1) is 11.0 Å². The van der Waals surface area contributed by atoms with E-state index in [1.165, 1.54) is 9.36 Å². The first-order valence-electron chi connectivity index (χ1n) is 9.91. The second-order valence-corrected chi connectivity index (χ2v) is 6.86. The molecule has 4 aromatic rings. The molecule has 0 aliphatic carbocycles. The highest BCUT2D eigenvalue weighted by atomic mass is 16.2. The van der Waals surface area contributed by atoms with E-state index in [4.69, 9.17) is 0 Å². The average Bonchev–Trinajstić information content (AvgIpc) is 3.39. The van der Waals surface area contributed by atoms with Gasteiger partial charge in [-0.25, -0.2) is 9.59 Å². The molecule has 0 bridgehead atoms. The van der Waals surface area contributed by atoms with Crippen LogP contribution in [0.4, 0.5) is 9.59 Å². The fraction of sp³-hybridized carbons (Fsp3) is 0.300. The molecule has 2 amide bonds. The number of hydrogen-bond acceptors (Lipinski definition) is 6. The fourth-order valence-electron chi connectivity index (χ4n) is 3.18. The third-order valence-corrected chi connectivity index (χ3v) is 4.74. The second kappa shape index (κ2) is 9.12. The van der Waals surface area contributed by atoms with Crippen molar-refractivity contribution >= 4 is 34.1 Å². The summed E-state index contributed by atoms with van der Waals surface area (Å²) in [5.74, 6) is 0. The lowest BCUT2D eigenvalue weighted by Crippen LogP contribution is -2.30. The molecule has 0 spiro atoms. The monoisotopic (exact) mass is 406 g/mol. The molecule has 4 rings (SSSR count). The van der Waals surface area contributed by atoms with E-state index in [9.17, 15) is 9.59 Å². The normalized spacial score (nSPS) is 11.1. The number of rotatable bonds is 7. The van der Waals surface area contributed by atoms with Gasteiger partial charge in [0.2, 0.25) is 0 Å². The van der Waals surface area contributed by atoms with E-state index < -0.39 is 0 Å². The maximum absolute atomic E-state index is 12.2. The number of nitrogens with one attached hydrogen (secondary N) is 2. The summed E-state index contributed by atoms with van der Waals surface area (Å²) in [5, 5.41) is 21.4. The van der Waals surface area contributed by atoms with Gasteiger partial charge in [0.1, 0.15) is 11.0 Å². The molecule has 0 saturated heterocycles. The van der Waals surface area contributed by atoms with E-state index in [0.29, 0.717) is 35.2 Å². The number of benzene rings is 2. The molecule has 2 aromatic heterocycles. The van der Waals surface area contributed by atoms with Gasteiger partial charge < -0.3 is 10.6 Å². The Hall–Kier alpha value is -3.82. The van der Waals surface area contributed by atoms with Crippen LogP contribution in [0.25, 0.3) is 22.1 Å². The first-order chi connectivity index (χ1) is 14.7. The van der Waals surface area contributed by atoms with Crippen LogP contribution in [0.15, 0.2) is 48.5 Å². The van der Waals surface area contributed by atoms with Crippen LogP contribution in [0.3, 0.4) is 0 Å². The average molecular weight is 406 g/mol. The van der Waals surface area contributed by atoms with E-state index in [2.05, 4.69) is 31.3 Å². The van der Waals surface area contributed by atoms with Crippen LogP contribution < -0.4 is 10.6 Å². The molecule has 2 N–H and O–H groups in total. The number of nitrogens with zero attached hydrogens (tertiary/aromatic N) is 6. The lowest BCUT2D eigenvalue weighted by atomic mass is 10.2. The van der Waals surface area contributed by atoms with Gasteiger partial charge in [0.25, 0.3) is 0 Å². The molecule has 0 unspecified atom stereocenters. The number of aromatic nitrogens is 6. The molecule has 0 aliphatic rings. The summed E-state index contributed by atoms with van der Waals surface area (Å²) in [4.78, 5) is 24.4. The molecule has 0 radical (unpaired) electrons. The van der Waals surface area contributed by atoms with Gasteiger partial charge >= 0.3 is 12.1 Å². The predicted molar refractivity (Wildman–Crippen MR) is 111 cm³/mol. The first-order valence-corrected chi connectivity index (χ1v) is 9.91. The zero-order chi connectivity index (χ0) is 20.8. The van der Waals surface area contributed by atoms with E-state index in [1.807, 2.05) is 48.5 Å². The lowest BCUT2D eigenvalue weighted by molar-refractivity contribution is 0.238. The van der Waals surface area contributed by atoms with Gasteiger partial charge in [-0.15, -0.1) is 10.2 Å². The van der Waals surface area contributed by atoms with Crippen molar-refractivity contribution in [2.75, 3.05) is 13.1 Å². The summed E-state index contributed by atoms with van der Waals surface area (Å²) < 4.78 is 2.55. The van der Waals surface area contributed by atoms with E-state index in [0.717, 1.165) is 25.7 Å². The van der Waals surface area contributed by atoms with Crippen molar-refractivity contribution in [2.24, 2.45) is 0 Å². The highest BCUT2D eigenvalue weighted by Crippen LogP contribution is 2.10. The van der Waals surface area contributed by atoms with Crippen LogP contribution in [0, 0.1) is 0 Å². The second-order valence-electron chi connectivity index (χ2n) is 6.86. The van der Waals surface area contributed by atoms with Crippen LogP contribution in [-0.2, 0) is 0 Å². The molecule has 2 heterocycles. The molecule has 0 fully saturated rings. The Balaban J connectivity index is 1.12. The van der Waals surface area contributed by atoms with Crippen molar-refractivity contribution in [3.63, 3.8) is 0 Å². The topological polar surface area (TPSA) is 120 Å². The standard InChI is InChI=1S/C20H22N8O2/c29-19(27-17-11-5-3-9-15(17)23-25-27)21-13-7-1-2-8-14-22-20(30)28-18-12-6-4-10-16(18)24-26-28/h3-6,9-12H,1-2,7-8,13-14H2,(H,21,29)(H,22,30). The van der Waals surface area contributed by atoms with E-state index in [-0.39, 0.29) is 12.1 Å². The summed E-state index contributed by atoms with van der Waals surface area (Å²) >= 11 is 0. The largest absolute Gasteiger partial charge is 0.344 e. The summed E-state index contributed by atoms with van der Waals surface area (Å²) in [6.45, 7) is 1.12. The number of fused-ring (bicyclic) bond motifs is 2. The van der Waals surface area contributed by atoms with Gasteiger partial charge in [-0.1, -0.05) is 47.5 Å². The summed E-state index contributed by atoms with van der Waals surface area (Å²) in [6, 6.07) is 14.1. The molecule has 10 heteroatoms. The number of carbonyl (C=O) groups excluding carboxylic acids is 2. The Labute approximate surface area is 172 Å². The van der Waals surface area contributed by atoms with E-state index in [1.54, 1.807) is 0 Å². The Morgan fingerprint density at radius 3 is 1.57 bits per heavy atom. The Kier molecular flexibility index (Phi) is 5.93.